The summed E-state index contributed by atoms with van der Waals surface area (Å²) in [5.41, 5.74) is -10.7. The Morgan fingerprint density at radius 2 is 1.39 bits per heavy atom. The molecule has 0 atom stereocenters. The molecular formula is C22H26F9N3O3S. The van der Waals surface area contributed by atoms with Crippen LogP contribution in [0.3, 0.4) is 0 Å². The molecule has 6 nitrogen and oxygen atoms in total. The van der Waals surface area contributed by atoms with Gasteiger partial charge in [0.05, 0.1) is 11.1 Å². The summed E-state index contributed by atoms with van der Waals surface area (Å²) in [6.45, 7) is 0.748. The van der Waals surface area contributed by atoms with E-state index in [-0.39, 0.29) is 37.9 Å². The molecule has 1 saturated heterocycles. The first-order valence-electron chi connectivity index (χ1n) is 11.7. The van der Waals surface area contributed by atoms with Gasteiger partial charge in [0, 0.05) is 24.2 Å². The van der Waals surface area contributed by atoms with Gasteiger partial charge in [-0.1, -0.05) is 12.8 Å². The van der Waals surface area contributed by atoms with Gasteiger partial charge in [-0.3, -0.25) is 4.79 Å². The lowest BCUT2D eigenvalue weighted by atomic mass is 9.93. The van der Waals surface area contributed by atoms with E-state index in [0.717, 1.165) is 0 Å². The third-order valence-electron chi connectivity index (χ3n) is 6.85. The van der Waals surface area contributed by atoms with Gasteiger partial charge in [0.25, 0.3) is 5.91 Å². The van der Waals surface area contributed by atoms with Crippen molar-refractivity contribution in [3.8, 4) is 0 Å². The third kappa shape index (κ3) is 7.52. The summed E-state index contributed by atoms with van der Waals surface area (Å²) < 4.78 is 142. The SMILES string of the molecule is O=C(NCC1CCN(CC2(NS(=O)(=O)C(F)(F)F)CCCC2)CC1)c1cc(C(F)(F)F)cc(C(F)(F)F)c1. The molecule has 2 aliphatic rings. The topological polar surface area (TPSA) is 78.5 Å². The van der Waals surface area contributed by atoms with E-state index in [1.165, 1.54) is 0 Å². The molecule has 1 aliphatic carbocycles. The van der Waals surface area contributed by atoms with Crippen molar-refractivity contribution in [2.24, 2.45) is 5.92 Å². The summed E-state index contributed by atoms with van der Waals surface area (Å²) in [6.07, 6.45) is -7.70. The normalized spacial score (nSPS) is 20.0. The van der Waals surface area contributed by atoms with Gasteiger partial charge < -0.3 is 10.2 Å². The van der Waals surface area contributed by atoms with Crippen molar-refractivity contribution < 1.29 is 52.7 Å². The molecule has 1 aromatic rings. The predicted molar refractivity (Wildman–Crippen MR) is 117 cm³/mol. The van der Waals surface area contributed by atoms with Crippen LogP contribution in [0.2, 0.25) is 0 Å². The number of amides is 1. The van der Waals surface area contributed by atoms with Crippen LogP contribution in [0.25, 0.3) is 0 Å². The molecule has 1 saturated carbocycles. The maximum atomic E-state index is 13.0. The molecule has 2 fully saturated rings. The van der Waals surface area contributed by atoms with E-state index in [2.05, 4.69) is 5.32 Å². The number of piperidine rings is 1. The van der Waals surface area contributed by atoms with Crippen molar-refractivity contribution in [1.82, 2.24) is 14.9 Å². The zero-order valence-corrected chi connectivity index (χ0v) is 20.7. The van der Waals surface area contributed by atoms with Crippen LogP contribution in [0.15, 0.2) is 18.2 Å². The van der Waals surface area contributed by atoms with E-state index in [1.807, 2.05) is 9.62 Å². The van der Waals surface area contributed by atoms with E-state index in [9.17, 15) is 52.7 Å². The molecule has 0 aromatic heterocycles. The fourth-order valence-electron chi connectivity index (χ4n) is 4.89. The van der Waals surface area contributed by atoms with Crippen LogP contribution in [-0.4, -0.2) is 56.5 Å². The van der Waals surface area contributed by atoms with E-state index >= 15 is 0 Å². The van der Waals surface area contributed by atoms with E-state index in [1.54, 1.807) is 0 Å². The molecule has 1 heterocycles. The van der Waals surface area contributed by atoms with E-state index < -0.39 is 56.0 Å². The molecule has 0 bridgehead atoms. The summed E-state index contributed by atoms with van der Waals surface area (Å²) >= 11 is 0. The van der Waals surface area contributed by atoms with Crippen molar-refractivity contribution >= 4 is 15.9 Å². The molecule has 216 valence electrons. The molecule has 0 radical (unpaired) electrons. The molecule has 0 spiro atoms. The van der Waals surface area contributed by atoms with E-state index in [0.29, 0.717) is 50.9 Å². The Hall–Kier alpha value is -2.07. The van der Waals surface area contributed by atoms with Gasteiger partial charge in [-0.2, -0.15) is 44.2 Å². The lowest BCUT2D eigenvalue weighted by Crippen LogP contribution is -2.57. The number of likely N-dealkylation sites (tertiary alicyclic amines) is 1. The van der Waals surface area contributed by atoms with Gasteiger partial charge in [-0.25, -0.2) is 8.42 Å². The van der Waals surface area contributed by atoms with Gasteiger partial charge in [0.1, 0.15) is 0 Å². The first-order chi connectivity index (χ1) is 17.3. The van der Waals surface area contributed by atoms with Crippen LogP contribution in [-0.2, 0) is 22.4 Å². The first kappa shape index (κ1) is 30.5. The Labute approximate surface area is 213 Å². The Morgan fingerprint density at radius 1 is 0.895 bits per heavy atom. The Bertz CT molecular complexity index is 1070. The average molecular weight is 584 g/mol. The fraction of sp³-hybridized carbons (Fsp3) is 0.682. The van der Waals surface area contributed by atoms with Crippen LogP contribution in [0.1, 0.15) is 60.0 Å². The first-order valence-corrected chi connectivity index (χ1v) is 13.2. The number of nitrogens with one attached hydrogen (secondary N) is 2. The molecular weight excluding hydrogens is 557 g/mol. The van der Waals surface area contributed by atoms with Crippen molar-refractivity contribution in [2.45, 2.75) is 61.9 Å². The quantitative estimate of drug-likeness (QED) is 0.447. The van der Waals surface area contributed by atoms with Crippen LogP contribution < -0.4 is 10.0 Å². The maximum absolute atomic E-state index is 13.0. The third-order valence-corrected chi connectivity index (χ3v) is 8.16. The van der Waals surface area contributed by atoms with E-state index in [4.69, 9.17) is 0 Å². The van der Waals surface area contributed by atoms with Crippen molar-refractivity contribution in [3.63, 3.8) is 0 Å². The van der Waals surface area contributed by atoms with Crippen LogP contribution >= 0.6 is 0 Å². The van der Waals surface area contributed by atoms with Crippen LogP contribution in [0.5, 0.6) is 0 Å². The second-order valence-corrected chi connectivity index (χ2v) is 11.4. The number of carbonyl (C=O) groups excluding carboxylic acids is 1. The number of benzene rings is 1. The number of carbonyl (C=O) groups is 1. The van der Waals surface area contributed by atoms with Crippen LogP contribution in [0, 0.1) is 5.92 Å². The number of alkyl halides is 9. The monoisotopic (exact) mass is 583 g/mol. The summed E-state index contributed by atoms with van der Waals surface area (Å²) in [5, 5.41) is 2.36. The zero-order chi connectivity index (χ0) is 28.6. The van der Waals surface area contributed by atoms with Crippen molar-refractivity contribution in [3.05, 3.63) is 34.9 Å². The van der Waals surface area contributed by atoms with Gasteiger partial charge in [0.15, 0.2) is 0 Å². The summed E-state index contributed by atoms with van der Waals surface area (Å²) in [5.74, 6) is -1.29. The Kier molecular flexibility index (Phi) is 8.69. The molecule has 38 heavy (non-hydrogen) atoms. The summed E-state index contributed by atoms with van der Waals surface area (Å²) in [6, 6.07) is 0.616. The van der Waals surface area contributed by atoms with Crippen molar-refractivity contribution in [2.75, 3.05) is 26.2 Å². The molecule has 1 amide bonds. The highest BCUT2D eigenvalue weighted by molar-refractivity contribution is 7.90. The maximum Gasteiger partial charge on any atom is 0.511 e. The lowest BCUT2D eigenvalue weighted by Gasteiger charge is -2.39. The van der Waals surface area contributed by atoms with Crippen molar-refractivity contribution in [1.29, 1.82) is 0 Å². The molecule has 16 heteroatoms. The minimum atomic E-state index is -5.54. The number of hydrogen-bond acceptors (Lipinski definition) is 4. The smallest absolute Gasteiger partial charge is 0.352 e. The highest BCUT2D eigenvalue weighted by Crippen LogP contribution is 2.37. The fourth-order valence-corrected chi connectivity index (χ4v) is 5.84. The molecule has 1 aromatic carbocycles. The number of sulfonamides is 1. The van der Waals surface area contributed by atoms with Gasteiger partial charge in [-0.05, 0) is 62.9 Å². The molecule has 3 rings (SSSR count). The summed E-state index contributed by atoms with van der Waals surface area (Å²) in [7, 11) is -5.54. The summed E-state index contributed by atoms with van der Waals surface area (Å²) in [4.78, 5) is 14.2. The number of rotatable bonds is 7. The highest BCUT2D eigenvalue weighted by atomic mass is 32.2. The number of halogens is 9. The Balaban J connectivity index is 1.58. The van der Waals surface area contributed by atoms with Crippen LogP contribution in [0.4, 0.5) is 39.5 Å². The number of hydrogen-bond donors (Lipinski definition) is 2. The second kappa shape index (κ2) is 10.8. The minimum absolute atomic E-state index is 0.0316. The lowest BCUT2D eigenvalue weighted by molar-refractivity contribution is -0.143. The molecule has 1 aliphatic heterocycles. The predicted octanol–water partition coefficient (Wildman–Crippen LogP) is 4.92. The molecule has 0 unspecified atom stereocenters. The highest BCUT2D eigenvalue weighted by Gasteiger charge is 2.51. The van der Waals surface area contributed by atoms with Gasteiger partial charge in [-0.15, -0.1) is 0 Å². The second-order valence-electron chi connectivity index (χ2n) is 9.76. The Morgan fingerprint density at radius 3 is 1.84 bits per heavy atom. The average Bonchev–Trinajstić information content (AvgIpc) is 3.23. The van der Waals surface area contributed by atoms with Gasteiger partial charge in [0.2, 0.25) is 0 Å². The number of nitrogens with zero attached hydrogens (tertiary/aromatic N) is 1. The molecule has 2 N–H and O–H groups in total. The standard InChI is InChI=1S/C22H26F9N3O3S/c23-20(24,25)16-9-15(10-17(11-16)21(26,27)28)18(35)32-12-14-3-7-34(8-4-14)13-19(5-1-2-6-19)33-38(36,37)22(29,30)31/h9-11,14,33H,1-8,12-13H2,(H,32,35). The zero-order valence-electron chi connectivity index (χ0n) is 19.9. The largest absolute Gasteiger partial charge is 0.511 e. The van der Waals surface area contributed by atoms with Gasteiger partial charge >= 0.3 is 27.9 Å². The minimum Gasteiger partial charge on any atom is -0.352 e.